The zero-order valence-electron chi connectivity index (χ0n) is 20.5. The molecule has 1 aromatic heterocycles. The Kier molecular flexibility index (Phi) is 6.57. The molecule has 1 aliphatic rings. The number of aromatic amines is 1. The third kappa shape index (κ3) is 4.63. The number of para-hydroxylation sites is 1. The Morgan fingerprint density at radius 2 is 1.70 bits per heavy atom. The average Bonchev–Trinajstić information content (AvgIpc) is 3.45. The number of fused-ring (bicyclic) bond motifs is 1. The van der Waals surface area contributed by atoms with Crippen LogP contribution in [0.2, 0.25) is 0 Å². The lowest BCUT2D eigenvalue weighted by Crippen LogP contribution is -2.46. The van der Waals surface area contributed by atoms with Crippen molar-refractivity contribution >= 4 is 38.4 Å². The van der Waals surface area contributed by atoms with Crippen LogP contribution in [0, 0.1) is 6.92 Å². The summed E-state index contributed by atoms with van der Waals surface area (Å²) < 4.78 is 34.1. The Hall–Kier alpha value is -3.95. The predicted octanol–water partition coefficient (Wildman–Crippen LogP) is 4.05. The van der Waals surface area contributed by atoms with Crippen LogP contribution in [0.1, 0.15) is 17.5 Å². The smallest absolute Gasteiger partial charge is 0.252 e. The quantitative estimate of drug-likeness (QED) is 0.356. The van der Waals surface area contributed by atoms with Crippen molar-refractivity contribution < 1.29 is 22.7 Å². The minimum absolute atomic E-state index is 0.0289. The number of imide groups is 1. The maximum absolute atomic E-state index is 13.9. The number of H-pyrrole nitrogens is 1. The number of sulfonamides is 1. The number of carbonyl (C=O) groups excluding carboxylic acids is 2. The summed E-state index contributed by atoms with van der Waals surface area (Å²) in [6.07, 6.45) is 1.99. The molecule has 1 aliphatic heterocycles. The zero-order valence-corrected chi connectivity index (χ0v) is 21.4. The fourth-order valence-electron chi connectivity index (χ4n) is 4.70. The highest BCUT2D eigenvalue weighted by molar-refractivity contribution is 7.89. The van der Waals surface area contributed by atoms with E-state index < -0.39 is 27.9 Å². The van der Waals surface area contributed by atoms with E-state index in [1.165, 1.54) is 23.5 Å². The van der Waals surface area contributed by atoms with Crippen LogP contribution in [-0.4, -0.2) is 49.2 Å². The van der Waals surface area contributed by atoms with E-state index in [4.69, 9.17) is 4.74 Å². The molecule has 8 nitrogen and oxygen atoms in total. The van der Waals surface area contributed by atoms with Crippen LogP contribution in [-0.2, 0) is 26.0 Å². The highest BCUT2D eigenvalue weighted by Gasteiger charge is 2.46. The molecule has 4 aromatic rings. The summed E-state index contributed by atoms with van der Waals surface area (Å²) in [5.74, 6) is -0.465. The highest BCUT2D eigenvalue weighted by atomic mass is 32.2. The normalized spacial score (nSPS) is 16.2. The van der Waals surface area contributed by atoms with Crippen molar-refractivity contribution in [1.29, 1.82) is 0 Å². The summed E-state index contributed by atoms with van der Waals surface area (Å²) in [6.45, 7) is 1.94. The van der Waals surface area contributed by atoms with Gasteiger partial charge in [-0.15, -0.1) is 0 Å². The second-order valence-electron chi connectivity index (χ2n) is 9.02. The molecular formula is C28H27N3O5S. The van der Waals surface area contributed by atoms with Crippen LogP contribution in [0.4, 0.5) is 5.69 Å². The molecule has 9 heteroatoms. The first-order valence-electron chi connectivity index (χ1n) is 11.9. The maximum Gasteiger partial charge on any atom is 0.252 e. The van der Waals surface area contributed by atoms with E-state index in [0.717, 1.165) is 26.9 Å². The molecule has 1 fully saturated rings. The van der Waals surface area contributed by atoms with Gasteiger partial charge in [-0.2, -0.15) is 4.31 Å². The molecule has 3 aromatic carbocycles. The second kappa shape index (κ2) is 9.84. The number of nitrogens with zero attached hydrogens (tertiary/aromatic N) is 2. The molecule has 1 unspecified atom stereocenters. The molecular weight excluding hydrogens is 490 g/mol. The third-order valence-electron chi connectivity index (χ3n) is 6.71. The predicted molar refractivity (Wildman–Crippen MR) is 141 cm³/mol. The van der Waals surface area contributed by atoms with Gasteiger partial charge in [0.15, 0.2) is 0 Å². The van der Waals surface area contributed by atoms with Gasteiger partial charge in [-0.3, -0.25) is 9.59 Å². The van der Waals surface area contributed by atoms with Crippen LogP contribution in [0.25, 0.3) is 10.9 Å². The maximum atomic E-state index is 13.9. The molecule has 1 atom stereocenters. The molecule has 0 spiro atoms. The van der Waals surface area contributed by atoms with E-state index in [9.17, 15) is 18.0 Å². The molecule has 2 amide bonds. The highest BCUT2D eigenvalue weighted by Crippen LogP contribution is 2.31. The minimum Gasteiger partial charge on any atom is -0.497 e. The number of nitrogens with one attached hydrogen (secondary N) is 1. The van der Waals surface area contributed by atoms with Gasteiger partial charge in [0.2, 0.25) is 15.9 Å². The van der Waals surface area contributed by atoms with Crippen molar-refractivity contribution in [1.82, 2.24) is 9.29 Å². The lowest BCUT2D eigenvalue weighted by atomic mass is 10.1. The van der Waals surface area contributed by atoms with Crippen molar-refractivity contribution in [2.75, 3.05) is 18.6 Å². The average molecular weight is 518 g/mol. The molecule has 1 saturated heterocycles. The lowest BCUT2D eigenvalue weighted by Gasteiger charge is -2.27. The number of hydrogen-bond donors (Lipinski definition) is 1. The molecule has 190 valence electrons. The molecule has 1 N–H and O–H groups in total. The van der Waals surface area contributed by atoms with Crippen molar-refractivity contribution in [3.05, 3.63) is 90.1 Å². The first-order valence-corrected chi connectivity index (χ1v) is 13.4. The monoisotopic (exact) mass is 517 g/mol. The van der Waals surface area contributed by atoms with Crippen molar-refractivity contribution in [3.8, 4) is 5.75 Å². The van der Waals surface area contributed by atoms with Gasteiger partial charge in [-0.25, -0.2) is 13.3 Å². The Bertz CT molecular complexity index is 1560. The van der Waals surface area contributed by atoms with Crippen LogP contribution < -0.4 is 9.64 Å². The number of ether oxygens (including phenoxy) is 1. The van der Waals surface area contributed by atoms with E-state index in [0.29, 0.717) is 17.9 Å². The topological polar surface area (TPSA) is 99.8 Å². The van der Waals surface area contributed by atoms with Gasteiger partial charge in [0.05, 0.1) is 24.1 Å². The zero-order chi connectivity index (χ0) is 26.2. The molecule has 0 bridgehead atoms. The Morgan fingerprint density at radius 1 is 1.00 bits per heavy atom. The summed E-state index contributed by atoms with van der Waals surface area (Å²) in [5.41, 5.74) is 3.29. The van der Waals surface area contributed by atoms with E-state index in [2.05, 4.69) is 4.98 Å². The van der Waals surface area contributed by atoms with Crippen LogP contribution in [0.15, 0.2) is 83.9 Å². The summed E-state index contributed by atoms with van der Waals surface area (Å²) in [7, 11) is -2.62. The van der Waals surface area contributed by atoms with Crippen molar-refractivity contribution in [2.45, 2.75) is 30.7 Å². The van der Waals surface area contributed by atoms with E-state index >= 15 is 0 Å². The Morgan fingerprint density at radius 3 is 2.41 bits per heavy atom. The van der Waals surface area contributed by atoms with Crippen molar-refractivity contribution in [2.24, 2.45) is 0 Å². The first-order chi connectivity index (χ1) is 17.8. The summed E-state index contributed by atoms with van der Waals surface area (Å²) in [5, 5.41) is 0.986. The van der Waals surface area contributed by atoms with E-state index in [-0.39, 0.29) is 17.9 Å². The SMILES string of the molecule is COc1ccc(S(=O)(=O)N(CCc2c[nH]c3ccccc23)C2CC(=O)N(c3ccc(C)cc3)C2=O)cc1. The molecule has 2 heterocycles. The minimum atomic E-state index is -4.12. The number of anilines is 1. The largest absolute Gasteiger partial charge is 0.497 e. The Labute approximate surface area is 215 Å². The summed E-state index contributed by atoms with van der Waals surface area (Å²) >= 11 is 0. The molecule has 0 saturated carbocycles. The number of methoxy groups -OCH3 is 1. The van der Waals surface area contributed by atoms with Gasteiger partial charge >= 0.3 is 0 Å². The summed E-state index contributed by atoms with van der Waals surface area (Å²) in [4.78, 5) is 30.9. The number of amides is 2. The van der Waals surface area contributed by atoms with Gasteiger partial charge in [0.1, 0.15) is 11.8 Å². The third-order valence-corrected chi connectivity index (χ3v) is 8.63. The van der Waals surface area contributed by atoms with Crippen LogP contribution >= 0.6 is 0 Å². The number of benzene rings is 3. The van der Waals surface area contributed by atoms with E-state index in [1.54, 1.807) is 24.3 Å². The number of hydrogen-bond acceptors (Lipinski definition) is 5. The van der Waals surface area contributed by atoms with Gasteiger partial charge in [0, 0.05) is 23.6 Å². The number of aryl methyl sites for hydroxylation is 1. The molecule has 0 radical (unpaired) electrons. The standard InChI is InChI=1S/C28H27N3O5S/c1-19-7-9-21(10-8-19)31-27(32)17-26(28(31)33)30(37(34,35)23-13-11-22(36-2)12-14-23)16-15-20-18-29-25-6-4-3-5-24(20)25/h3-14,18,26,29H,15-17H2,1-2H3. The number of rotatable bonds is 8. The van der Waals surface area contributed by atoms with Gasteiger partial charge in [0.25, 0.3) is 5.91 Å². The molecule has 0 aliphatic carbocycles. The lowest BCUT2D eigenvalue weighted by molar-refractivity contribution is -0.122. The van der Waals surface area contributed by atoms with Gasteiger partial charge in [-0.1, -0.05) is 35.9 Å². The van der Waals surface area contributed by atoms with Crippen molar-refractivity contribution in [3.63, 3.8) is 0 Å². The van der Waals surface area contributed by atoms with E-state index in [1.807, 2.05) is 49.5 Å². The Balaban J connectivity index is 1.50. The van der Waals surface area contributed by atoms with Gasteiger partial charge < -0.3 is 9.72 Å². The second-order valence-corrected chi connectivity index (χ2v) is 10.9. The fourth-order valence-corrected chi connectivity index (χ4v) is 6.28. The number of aromatic nitrogens is 1. The fraction of sp³-hybridized carbons (Fsp3) is 0.214. The number of carbonyl (C=O) groups is 2. The van der Waals surface area contributed by atoms with Crippen LogP contribution in [0.5, 0.6) is 5.75 Å². The van der Waals surface area contributed by atoms with Gasteiger partial charge in [-0.05, 0) is 61.4 Å². The molecule has 37 heavy (non-hydrogen) atoms. The van der Waals surface area contributed by atoms with Crippen LogP contribution in [0.3, 0.4) is 0 Å². The molecule has 5 rings (SSSR count). The first kappa shape index (κ1) is 24.7. The summed E-state index contributed by atoms with van der Waals surface area (Å²) in [6, 6.07) is 19.6.